The van der Waals surface area contributed by atoms with Gasteiger partial charge in [0.25, 0.3) is 0 Å². The zero-order valence-electron chi connectivity index (χ0n) is 19.5. The van der Waals surface area contributed by atoms with Crippen molar-refractivity contribution in [3.05, 3.63) is 111 Å². The molecule has 4 aromatic carbocycles. The van der Waals surface area contributed by atoms with Gasteiger partial charge in [0.1, 0.15) is 0 Å². The zero-order chi connectivity index (χ0) is 25.9. The highest BCUT2D eigenvalue weighted by Gasteiger charge is 2.25. The van der Waals surface area contributed by atoms with Crippen LogP contribution >= 0.6 is 27.5 Å². The van der Waals surface area contributed by atoms with E-state index in [1.165, 1.54) is 0 Å². The van der Waals surface area contributed by atoms with Gasteiger partial charge in [-0.3, -0.25) is 0 Å². The van der Waals surface area contributed by atoms with Crippen LogP contribution in [0.5, 0.6) is 11.5 Å². The van der Waals surface area contributed by atoms with Crippen LogP contribution in [0.15, 0.2) is 94.0 Å². The van der Waals surface area contributed by atoms with Gasteiger partial charge in [0.05, 0.1) is 21.7 Å². The number of nitrogens with zero attached hydrogens (tertiary/aromatic N) is 1. The Labute approximate surface area is 226 Å². The Bertz CT molecular complexity index is 1610. The molecule has 0 spiro atoms. The van der Waals surface area contributed by atoms with E-state index in [2.05, 4.69) is 20.9 Å². The summed E-state index contributed by atoms with van der Waals surface area (Å²) in [6, 6.07) is 23.6. The largest absolute Gasteiger partial charge is 0.490 e. The molecule has 5 rings (SSSR count). The third-order valence-electron chi connectivity index (χ3n) is 5.54. The van der Waals surface area contributed by atoms with Crippen molar-refractivity contribution in [2.75, 3.05) is 6.61 Å². The zero-order valence-corrected chi connectivity index (χ0v) is 21.9. The molecule has 4 aromatic rings. The number of benzene rings is 4. The number of halogens is 2. The summed E-state index contributed by atoms with van der Waals surface area (Å²) in [5.41, 5.74) is 1.67. The van der Waals surface area contributed by atoms with E-state index in [0.29, 0.717) is 28.0 Å². The molecule has 184 valence electrons. The van der Waals surface area contributed by atoms with Crippen LogP contribution in [-0.4, -0.2) is 24.4 Å². The number of hydrogen-bond acceptors (Lipinski definition) is 6. The molecule has 1 heterocycles. The summed E-state index contributed by atoms with van der Waals surface area (Å²) < 4.78 is 17.2. The maximum Gasteiger partial charge on any atom is 0.363 e. The van der Waals surface area contributed by atoms with Crippen molar-refractivity contribution in [3.63, 3.8) is 0 Å². The molecule has 6 nitrogen and oxygen atoms in total. The summed E-state index contributed by atoms with van der Waals surface area (Å²) in [6.07, 6.45) is 1.59. The molecular weight excluding hydrogens is 558 g/mol. The predicted molar refractivity (Wildman–Crippen MR) is 146 cm³/mol. The number of esters is 2. The van der Waals surface area contributed by atoms with Crippen molar-refractivity contribution in [1.82, 2.24) is 0 Å². The first-order chi connectivity index (χ1) is 17.9. The lowest BCUT2D eigenvalue weighted by Crippen LogP contribution is -2.11. The fourth-order valence-corrected chi connectivity index (χ4v) is 4.57. The van der Waals surface area contributed by atoms with Gasteiger partial charge in [-0.05, 0) is 81.7 Å². The van der Waals surface area contributed by atoms with Gasteiger partial charge >= 0.3 is 11.9 Å². The molecule has 0 amide bonds. The Hall–Kier alpha value is -3.94. The number of hydrogen-bond donors (Lipinski definition) is 0. The molecule has 0 N–H and O–H groups in total. The van der Waals surface area contributed by atoms with Gasteiger partial charge in [-0.25, -0.2) is 14.6 Å². The number of ether oxygens (including phenoxy) is 3. The number of carbonyl (C=O) groups excluding carboxylic acids is 2. The highest BCUT2D eigenvalue weighted by molar-refractivity contribution is 9.10. The molecule has 0 saturated heterocycles. The van der Waals surface area contributed by atoms with Gasteiger partial charge in [-0.15, -0.1) is 0 Å². The van der Waals surface area contributed by atoms with Crippen molar-refractivity contribution < 1.29 is 23.8 Å². The molecule has 8 heteroatoms. The van der Waals surface area contributed by atoms with Gasteiger partial charge in [0.15, 0.2) is 17.2 Å². The second-order valence-electron chi connectivity index (χ2n) is 8.03. The number of rotatable bonds is 6. The molecule has 1 aliphatic heterocycles. The lowest BCUT2D eigenvalue weighted by molar-refractivity contribution is -0.129. The normalized spacial score (nSPS) is 14.0. The average Bonchev–Trinajstić information content (AvgIpc) is 3.26. The first-order valence-corrected chi connectivity index (χ1v) is 12.5. The van der Waals surface area contributed by atoms with E-state index in [-0.39, 0.29) is 27.9 Å². The van der Waals surface area contributed by atoms with Crippen LogP contribution in [0, 0.1) is 0 Å². The minimum absolute atomic E-state index is 0.137. The Morgan fingerprint density at radius 1 is 1.03 bits per heavy atom. The van der Waals surface area contributed by atoms with E-state index in [4.69, 9.17) is 25.8 Å². The molecule has 0 fully saturated rings. The van der Waals surface area contributed by atoms with Gasteiger partial charge in [-0.2, -0.15) is 0 Å². The highest BCUT2D eigenvalue weighted by atomic mass is 79.9. The van der Waals surface area contributed by atoms with Crippen LogP contribution in [0.4, 0.5) is 0 Å². The van der Waals surface area contributed by atoms with Crippen LogP contribution < -0.4 is 9.47 Å². The quantitative estimate of drug-likeness (QED) is 0.138. The molecule has 0 atom stereocenters. The lowest BCUT2D eigenvalue weighted by Gasteiger charge is -2.14. The molecule has 0 unspecified atom stereocenters. The van der Waals surface area contributed by atoms with Gasteiger partial charge in [0.2, 0.25) is 5.90 Å². The summed E-state index contributed by atoms with van der Waals surface area (Å²) in [4.78, 5) is 29.7. The van der Waals surface area contributed by atoms with E-state index in [1.54, 1.807) is 42.5 Å². The molecule has 0 aliphatic carbocycles. The topological polar surface area (TPSA) is 74.2 Å². The van der Waals surface area contributed by atoms with Gasteiger partial charge < -0.3 is 14.2 Å². The van der Waals surface area contributed by atoms with E-state index in [9.17, 15) is 9.59 Å². The summed E-state index contributed by atoms with van der Waals surface area (Å²) in [7, 11) is 0. The van der Waals surface area contributed by atoms with Crippen LogP contribution in [0.3, 0.4) is 0 Å². The van der Waals surface area contributed by atoms with Crippen molar-refractivity contribution in [2.45, 2.75) is 6.92 Å². The van der Waals surface area contributed by atoms with Crippen LogP contribution in [0.2, 0.25) is 5.02 Å². The van der Waals surface area contributed by atoms with Crippen molar-refractivity contribution in [3.8, 4) is 11.5 Å². The van der Waals surface area contributed by atoms with E-state index < -0.39 is 11.9 Å². The SMILES string of the molecule is CCOc1cc(/C=C2\N=C(c3ccc4ccccc4c3)OC2=O)cc(Br)c1OC(=O)c1ccccc1Cl. The summed E-state index contributed by atoms with van der Waals surface area (Å²) in [5, 5.41) is 2.38. The summed E-state index contributed by atoms with van der Waals surface area (Å²) >= 11 is 9.59. The third kappa shape index (κ3) is 5.28. The fourth-order valence-electron chi connectivity index (χ4n) is 3.82. The second-order valence-corrected chi connectivity index (χ2v) is 9.29. The van der Waals surface area contributed by atoms with Crippen LogP contribution in [0.1, 0.15) is 28.4 Å². The molecule has 0 saturated carbocycles. The number of carbonyl (C=O) groups is 2. The third-order valence-corrected chi connectivity index (χ3v) is 6.46. The highest BCUT2D eigenvalue weighted by Crippen LogP contribution is 2.38. The van der Waals surface area contributed by atoms with Gasteiger partial charge in [-0.1, -0.05) is 54.1 Å². The lowest BCUT2D eigenvalue weighted by atomic mass is 10.1. The second kappa shape index (κ2) is 10.6. The monoisotopic (exact) mass is 575 g/mol. The molecule has 0 bridgehead atoms. The first-order valence-electron chi connectivity index (χ1n) is 11.4. The average molecular weight is 577 g/mol. The van der Waals surface area contributed by atoms with Crippen molar-refractivity contribution >= 4 is 62.2 Å². The number of cyclic esters (lactones) is 1. The van der Waals surface area contributed by atoms with Crippen LogP contribution in [-0.2, 0) is 9.53 Å². The molecule has 0 radical (unpaired) electrons. The minimum atomic E-state index is -0.623. The van der Waals surface area contributed by atoms with Gasteiger partial charge in [0, 0.05) is 5.56 Å². The Morgan fingerprint density at radius 2 is 1.78 bits per heavy atom. The van der Waals surface area contributed by atoms with Crippen molar-refractivity contribution in [1.29, 1.82) is 0 Å². The molecule has 0 aromatic heterocycles. The molecular formula is C29H19BrClNO5. The standard InChI is InChI=1S/C29H19BrClNO5/c1-2-35-25-15-17(13-22(30)26(25)36-28(33)21-9-5-6-10-23(21)31)14-24-29(34)37-27(32-24)20-12-11-18-7-3-4-8-19(18)16-20/h3-16H,2H2,1H3/b24-14-. The fraction of sp³-hybridized carbons (Fsp3) is 0.0690. The van der Waals surface area contributed by atoms with E-state index in [1.807, 2.05) is 49.4 Å². The number of aliphatic imine (C=N–C) groups is 1. The Kier molecular flexibility index (Phi) is 7.08. The summed E-state index contributed by atoms with van der Waals surface area (Å²) in [5.74, 6) is -0.442. The molecule has 1 aliphatic rings. The van der Waals surface area contributed by atoms with Crippen molar-refractivity contribution in [2.24, 2.45) is 4.99 Å². The smallest absolute Gasteiger partial charge is 0.363 e. The summed E-state index contributed by atoms with van der Waals surface area (Å²) in [6.45, 7) is 2.14. The van der Waals surface area contributed by atoms with E-state index >= 15 is 0 Å². The Morgan fingerprint density at radius 3 is 2.57 bits per heavy atom. The maximum absolute atomic E-state index is 12.7. The van der Waals surface area contributed by atoms with Crippen LogP contribution in [0.25, 0.3) is 16.8 Å². The molecule has 37 heavy (non-hydrogen) atoms. The maximum atomic E-state index is 12.7. The van der Waals surface area contributed by atoms with E-state index in [0.717, 1.165) is 10.8 Å². The first kappa shape index (κ1) is 24.7. The minimum Gasteiger partial charge on any atom is -0.490 e. The predicted octanol–water partition coefficient (Wildman–Crippen LogP) is 7.22. The number of fused-ring (bicyclic) bond motifs is 1. The Balaban J connectivity index is 1.46.